The van der Waals surface area contributed by atoms with Crippen LogP contribution in [-0.4, -0.2) is 4.57 Å². The maximum absolute atomic E-state index is 2.38. The van der Waals surface area contributed by atoms with Gasteiger partial charge in [0.25, 0.3) is 0 Å². The summed E-state index contributed by atoms with van der Waals surface area (Å²) in [4.78, 5) is 4.74. The van der Waals surface area contributed by atoms with Crippen molar-refractivity contribution in [3.8, 4) is 16.8 Å². The third-order valence-electron chi connectivity index (χ3n) is 11.5. The van der Waals surface area contributed by atoms with E-state index in [0.29, 0.717) is 0 Å². The second kappa shape index (κ2) is 14.6. The fraction of sp³-hybridized carbons (Fsp3) is 0. The van der Waals surface area contributed by atoms with Gasteiger partial charge in [-0.05, 0) is 118 Å². The molecule has 0 atom stereocenters. The van der Waals surface area contributed by atoms with Gasteiger partial charge in [0.2, 0.25) is 0 Å². The van der Waals surface area contributed by atoms with Gasteiger partial charge in [-0.1, -0.05) is 146 Å². The molecular formula is C56H39N3. The molecule has 59 heavy (non-hydrogen) atoms. The molecule has 278 valence electrons. The van der Waals surface area contributed by atoms with Crippen molar-refractivity contribution in [3.63, 3.8) is 0 Å². The third-order valence-corrected chi connectivity index (χ3v) is 11.5. The molecular weight excluding hydrogens is 715 g/mol. The van der Waals surface area contributed by atoms with Crippen LogP contribution in [0.1, 0.15) is 0 Å². The van der Waals surface area contributed by atoms with E-state index in [1.165, 1.54) is 54.5 Å². The first-order valence-corrected chi connectivity index (χ1v) is 20.2. The van der Waals surface area contributed by atoms with E-state index in [1.807, 2.05) is 0 Å². The van der Waals surface area contributed by atoms with Gasteiger partial charge in [0.05, 0.1) is 16.7 Å². The van der Waals surface area contributed by atoms with Gasteiger partial charge in [-0.25, -0.2) is 0 Å². The zero-order valence-corrected chi connectivity index (χ0v) is 32.4. The summed E-state index contributed by atoms with van der Waals surface area (Å²) in [6, 6.07) is 85.3. The fourth-order valence-electron chi connectivity index (χ4n) is 8.82. The number of nitrogens with zero attached hydrogens (tertiary/aromatic N) is 3. The van der Waals surface area contributed by atoms with Crippen molar-refractivity contribution in [2.75, 3.05) is 9.80 Å². The maximum atomic E-state index is 2.38. The van der Waals surface area contributed by atoms with E-state index >= 15 is 0 Å². The first-order chi connectivity index (χ1) is 29.3. The molecule has 0 aliphatic rings. The van der Waals surface area contributed by atoms with E-state index in [4.69, 9.17) is 0 Å². The minimum Gasteiger partial charge on any atom is -0.310 e. The van der Waals surface area contributed by atoms with E-state index in [-0.39, 0.29) is 0 Å². The molecule has 0 saturated heterocycles. The highest BCUT2D eigenvalue weighted by Gasteiger charge is 2.20. The zero-order valence-electron chi connectivity index (χ0n) is 32.4. The Morgan fingerprint density at radius 3 is 1.56 bits per heavy atom. The summed E-state index contributed by atoms with van der Waals surface area (Å²) in [5, 5.41) is 7.31. The Morgan fingerprint density at radius 1 is 0.288 bits per heavy atom. The Kier molecular flexibility index (Phi) is 8.49. The van der Waals surface area contributed by atoms with Crippen LogP contribution < -0.4 is 9.80 Å². The Hall–Kier alpha value is -7.88. The van der Waals surface area contributed by atoms with Crippen LogP contribution in [0.4, 0.5) is 34.1 Å². The van der Waals surface area contributed by atoms with Gasteiger partial charge in [-0.3, -0.25) is 0 Å². The number of para-hydroxylation sites is 4. The first kappa shape index (κ1) is 34.4. The largest absolute Gasteiger partial charge is 0.310 e. The maximum Gasteiger partial charge on any atom is 0.0542 e. The smallest absolute Gasteiger partial charge is 0.0542 e. The molecule has 3 nitrogen and oxygen atoms in total. The standard InChI is InChI=1S/C56H39N3/c1-4-18-43(19-5-1)57(48-34-36-56-53(39-48)52-26-14-15-27-54(52)59(56)45-22-8-3-9-23-45)46-31-29-41(30-32-46)49-35-37-55(51-25-13-12-24-50(49)51)58(44-20-6-2-7-21-44)47-33-28-40-16-10-11-17-42(40)38-47/h1-39H. The van der Waals surface area contributed by atoms with E-state index in [1.54, 1.807) is 0 Å². The Bertz CT molecular complexity index is 3260. The molecule has 0 radical (unpaired) electrons. The van der Waals surface area contributed by atoms with Crippen LogP contribution in [0.15, 0.2) is 237 Å². The lowest BCUT2D eigenvalue weighted by Gasteiger charge is -2.28. The van der Waals surface area contributed by atoms with Crippen LogP contribution >= 0.6 is 0 Å². The molecule has 0 fully saturated rings. The number of benzene rings is 10. The van der Waals surface area contributed by atoms with Crippen molar-refractivity contribution in [3.05, 3.63) is 237 Å². The van der Waals surface area contributed by atoms with Gasteiger partial charge in [0.15, 0.2) is 0 Å². The predicted octanol–water partition coefficient (Wildman–Crippen LogP) is 15.7. The summed E-state index contributed by atoms with van der Waals surface area (Å²) in [6.07, 6.45) is 0. The number of aromatic nitrogens is 1. The van der Waals surface area contributed by atoms with Crippen molar-refractivity contribution in [2.45, 2.75) is 0 Å². The summed E-state index contributed by atoms with van der Waals surface area (Å²) in [5.74, 6) is 0. The molecule has 1 aromatic heterocycles. The van der Waals surface area contributed by atoms with Crippen LogP contribution in [0, 0.1) is 0 Å². The SMILES string of the molecule is c1ccc(N(c2ccc(-c3ccc(N(c4ccccc4)c4ccc5ccccc5c4)c4ccccc34)cc2)c2ccc3c(c2)c2ccccc2n3-c2ccccc2)cc1. The van der Waals surface area contributed by atoms with Crippen LogP contribution in [0.3, 0.4) is 0 Å². The monoisotopic (exact) mass is 753 g/mol. The van der Waals surface area contributed by atoms with Crippen molar-refractivity contribution in [2.24, 2.45) is 0 Å². The zero-order chi connectivity index (χ0) is 39.1. The molecule has 0 saturated carbocycles. The molecule has 0 spiro atoms. The molecule has 11 rings (SSSR count). The van der Waals surface area contributed by atoms with E-state index in [9.17, 15) is 0 Å². The molecule has 0 unspecified atom stereocenters. The molecule has 0 aliphatic heterocycles. The molecule has 0 amide bonds. The molecule has 10 aromatic carbocycles. The van der Waals surface area contributed by atoms with Gasteiger partial charge in [-0.15, -0.1) is 0 Å². The lowest BCUT2D eigenvalue weighted by Crippen LogP contribution is -2.10. The number of hydrogen-bond donors (Lipinski definition) is 0. The lowest BCUT2D eigenvalue weighted by atomic mass is 9.96. The quantitative estimate of drug-likeness (QED) is 0.153. The second-order valence-corrected chi connectivity index (χ2v) is 15.0. The van der Waals surface area contributed by atoms with Gasteiger partial charge < -0.3 is 14.4 Å². The Labute approximate surface area is 343 Å². The minimum absolute atomic E-state index is 1.10. The van der Waals surface area contributed by atoms with Crippen molar-refractivity contribution >= 4 is 77.5 Å². The molecule has 11 aromatic rings. The number of hydrogen-bond acceptors (Lipinski definition) is 2. The molecule has 0 bridgehead atoms. The first-order valence-electron chi connectivity index (χ1n) is 20.2. The summed E-state index contributed by atoms with van der Waals surface area (Å²) < 4.78 is 2.37. The average molecular weight is 754 g/mol. The number of anilines is 6. The highest BCUT2D eigenvalue weighted by atomic mass is 15.1. The Balaban J connectivity index is 1.01. The molecule has 0 N–H and O–H groups in total. The third kappa shape index (κ3) is 6.08. The van der Waals surface area contributed by atoms with E-state index in [2.05, 4.69) is 251 Å². The van der Waals surface area contributed by atoms with Crippen molar-refractivity contribution in [1.82, 2.24) is 4.57 Å². The minimum atomic E-state index is 1.10. The molecule has 3 heteroatoms. The topological polar surface area (TPSA) is 11.4 Å². The average Bonchev–Trinajstić information content (AvgIpc) is 3.64. The summed E-state index contributed by atoms with van der Waals surface area (Å²) in [5.41, 5.74) is 12.6. The van der Waals surface area contributed by atoms with Crippen LogP contribution in [0.2, 0.25) is 0 Å². The number of rotatable bonds is 8. The highest BCUT2D eigenvalue weighted by Crippen LogP contribution is 2.44. The normalized spacial score (nSPS) is 11.4. The second-order valence-electron chi connectivity index (χ2n) is 15.0. The van der Waals surface area contributed by atoms with Gasteiger partial charge >= 0.3 is 0 Å². The fourth-order valence-corrected chi connectivity index (χ4v) is 8.82. The van der Waals surface area contributed by atoms with Crippen LogP contribution in [-0.2, 0) is 0 Å². The Morgan fingerprint density at radius 2 is 0.814 bits per heavy atom. The predicted molar refractivity (Wildman–Crippen MR) is 251 cm³/mol. The van der Waals surface area contributed by atoms with Crippen molar-refractivity contribution in [1.29, 1.82) is 0 Å². The molecule has 1 heterocycles. The van der Waals surface area contributed by atoms with Gasteiger partial charge in [0.1, 0.15) is 0 Å². The van der Waals surface area contributed by atoms with E-state index < -0.39 is 0 Å². The summed E-state index contributed by atoms with van der Waals surface area (Å²) >= 11 is 0. The molecule has 0 aliphatic carbocycles. The highest BCUT2D eigenvalue weighted by molar-refractivity contribution is 6.11. The van der Waals surface area contributed by atoms with Crippen LogP contribution in [0.25, 0.3) is 60.2 Å². The van der Waals surface area contributed by atoms with Crippen LogP contribution in [0.5, 0.6) is 0 Å². The van der Waals surface area contributed by atoms with E-state index in [0.717, 1.165) is 39.8 Å². The van der Waals surface area contributed by atoms with Gasteiger partial charge in [0, 0.05) is 50.3 Å². The summed E-state index contributed by atoms with van der Waals surface area (Å²) in [6.45, 7) is 0. The van der Waals surface area contributed by atoms with Crippen molar-refractivity contribution < 1.29 is 0 Å². The summed E-state index contributed by atoms with van der Waals surface area (Å²) in [7, 11) is 0. The van der Waals surface area contributed by atoms with Gasteiger partial charge in [-0.2, -0.15) is 0 Å². The number of fused-ring (bicyclic) bond motifs is 5. The lowest BCUT2D eigenvalue weighted by molar-refractivity contribution is 1.18.